The van der Waals surface area contributed by atoms with E-state index in [0.717, 1.165) is 43.2 Å². The molecule has 58 heavy (non-hydrogen) atoms. The third-order valence-corrected chi connectivity index (χ3v) is 9.33. The van der Waals surface area contributed by atoms with Gasteiger partial charge in [-0.05, 0) is 24.5 Å². The van der Waals surface area contributed by atoms with Gasteiger partial charge in [0.1, 0.15) is 18.1 Å². The molecular formula is C41H62N4O13. The lowest BCUT2D eigenvalue weighted by atomic mass is 9.95. The molecule has 0 atom stereocenters. The van der Waals surface area contributed by atoms with Gasteiger partial charge in [0.25, 0.3) is 5.56 Å². The molecule has 17 nitrogen and oxygen atoms in total. The maximum atomic E-state index is 13.5. The van der Waals surface area contributed by atoms with Crippen molar-refractivity contribution in [3.8, 4) is 11.4 Å². The lowest BCUT2D eigenvalue weighted by Crippen LogP contribution is -2.42. The number of aromatic nitrogens is 4. The number of nitrogens with zero attached hydrogens (tertiary/aromatic N) is 4. The third-order valence-electron chi connectivity index (χ3n) is 9.33. The summed E-state index contributed by atoms with van der Waals surface area (Å²) in [5.41, 5.74) is 1.68. The molecule has 0 saturated heterocycles. The Hall–Kier alpha value is -3.78. The number of fused-ring (bicyclic) bond motifs is 1. The van der Waals surface area contributed by atoms with Crippen LogP contribution in [0.2, 0.25) is 0 Å². The highest BCUT2D eigenvalue weighted by atomic mass is 16.6. The number of hydrogen-bond donors (Lipinski definition) is 0. The number of carbonyl (C=O) groups is 1. The van der Waals surface area contributed by atoms with Gasteiger partial charge in [0.2, 0.25) is 0 Å². The molecule has 1 aliphatic carbocycles. The van der Waals surface area contributed by atoms with Crippen LogP contribution in [-0.4, -0.2) is 151 Å². The van der Waals surface area contributed by atoms with Gasteiger partial charge in [-0.15, -0.1) is 0 Å². The summed E-state index contributed by atoms with van der Waals surface area (Å²) in [5.74, 6) is 0.0906. The van der Waals surface area contributed by atoms with Gasteiger partial charge in [-0.3, -0.25) is 13.9 Å². The summed E-state index contributed by atoms with van der Waals surface area (Å²) in [7, 11) is 5.12. The van der Waals surface area contributed by atoms with Crippen LogP contribution in [0.25, 0.3) is 28.6 Å². The fraction of sp³-hybridized carbons (Fsp3) is 0.659. The van der Waals surface area contributed by atoms with Crippen LogP contribution in [0.1, 0.15) is 43.7 Å². The first-order chi connectivity index (χ1) is 28.4. The minimum Gasteiger partial charge on any atom is -0.460 e. The topological polar surface area (TPSA) is 171 Å². The van der Waals surface area contributed by atoms with Crippen LogP contribution in [0, 0.1) is 0 Å². The van der Waals surface area contributed by atoms with E-state index in [1.54, 1.807) is 31.8 Å². The van der Waals surface area contributed by atoms with Crippen LogP contribution < -0.4 is 11.2 Å². The van der Waals surface area contributed by atoms with E-state index < -0.39 is 5.97 Å². The average molecular weight is 819 g/mol. The van der Waals surface area contributed by atoms with Crippen molar-refractivity contribution in [3.63, 3.8) is 0 Å². The molecule has 0 bridgehead atoms. The maximum Gasteiger partial charge on any atom is 0.332 e. The Morgan fingerprint density at radius 3 is 1.55 bits per heavy atom. The van der Waals surface area contributed by atoms with E-state index in [9.17, 15) is 14.4 Å². The number of aryl methyl sites for hydroxylation is 2. The molecule has 324 valence electrons. The highest BCUT2D eigenvalue weighted by molar-refractivity contribution is 5.87. The van der Waals surface area contributed by atoms with Crippen molar-refractivity contribution in [2.75, 3.05) is 126 Å². The normalized spacial score (nSPS) is 13.6. The quantitative estimate of drug-likeness (QED) is 0.0528. The molecule has 0 N–H and O–H groups in total. The number of rotatable bonds is 31. The van der Waals surface area contributed by atoms with Gasteiger partial charge in [-0.25, -0.2) is 14.6 Å². The minimum atomic E-state index is -0.484. The molecule has 0 aliphatic heterocycles. The van der Waals surface area contributed by atoms with Crippen LogP contribution in [0.15, 0.2) is 39.9 Å². The van der Waals surface area contributed by atoms with E-state index in [1.807, 2.05) is 24.3 Å². The monoisotopic (exact) mass is 818 g/mol. The van der Waals surface area contributed by atoms with Crippen LogP contribution in [0.4, 0.5) is 0 Å². The second-order valence-corrected chi connectivity index (χ2v) is 13.5. The molecule has 3 aromatic rings. The second-order valence-electron chi connectivity index (χ2n) is 13.5. The largest absolute Gasteiger partial charge is 0.460 e. The minimum absolute atomic E-state index is 0.0916. The summed E-state index contributed by atoms with van der Waals surface area (Å²) >= 11 is 0. The van der Waals surface area contributed by atoms with Gasteiger partial charge < -0.3 is 51.9 Å². The number of esters is 1. The molecular weight excluding hydrogens is 756 g/mol. The SMILES string of the molecule is COCCOCCOCCOCCOCCOCCOCCOCCOCCOC(=O)/C=C/c1ccc(-c2nc3c(=O)n(C4CCCCC4)c(=O)n(C)c3n2C)cc1. The number of ether oxygens (including phenoxy) is 10. The molecule has 2 heterocycles. The standard InChI is InChI=1S/C41H62N4O13/c1-43-38(42-37-39(43)44(2)41(48)45(40(37)47)35-7-5-4-6-8-35)34-12-9-33(10-13-34)11-14-36(46)58-32-31-57-30-29-56-28-27-55-26-25-54-24-23-53-22-21-52-20-19-51-18-17-50-16-15-49-3/h9-14,35H,4-8,15-32H2,1-3H3/b14-11+. The lowest BCUT2D eigenvalue weighted by molar-refractivity contribution is -0.139. The fourth-order valence-corrected chi connectivity index (χ4v) is 6.33. The first-order valence-corrected chi connectivity index (χ1v) is 20.2. The number of imidazole rings is 1. The Bertz CT molecular complexity index is 1750. The van der Waals surface area contributed by atoms with Gasteiger partial charge in [0, 0.05) is 38.9 Å². The Morgan fingerprint density at radius 1 is 0.638 bits per heavy atom. The lowest BCUT2D eigenvalue weighted by Gasteiger charge is -2.23. The molecule has 0 spiro atoms. The molecule has 0 radical (unpaired) electrons. The number of hydrogen-bond acceptors (Lipinski definition) is 14. The summed E-state index contributed by atoms with van der Waals surface area (Å²) in [6.07, 6.45) is 7.81. The van der Waals surface area contributed by atoms with Crippen molar-refractivity contribution in [2.45, 2.75) is 38.1 Å². The van der Waals surface area contributed by atoms with Crippen molar-refractivity contribution in [3.05, 3.63) is 56.7 Å². The molecule has 1 saturated carbocycles. The van der Waals surface area contributed by atoms with E-state index in [-0.39, 0.29) is 36.0 Å². The Balaban J connectivity index is 0.968. The van der Waals surface area contributed by atoms with E-state index >= 15 is 0 Å². The first kappa shape index (κ1) is 46.9. The third kappa shape index (κ3) is 16.1. The number of methoxy groups -OCH3 is 1. The summed E-state index contributed by atoms with van der Waals surface area (Å²) in [5, 5.41) is 0. The second kappa shape index (κ2) is 27.8. The molecule has 4 rings (SSSR count). The Labute approximate surface area is 340 Å². The van der Waals surface area contributed by atoms with E-state index in [0.29, 0.717) is 117 Å². The molecule has 1 fully saturated rings. The highest BCUT2D eigenvalue weighted by Gasteiger charge is 2.24. The van der Waals surface area contributed by atoms with Gasteiger partial charge in [-0.1, -0.05) is 43.5 Å². The Kier molecular flexibility index (Phi) is 22.5. The Morgan fingerprint density at radius 2 is 1.09 bits per heavy atom. The van der Waals surface area contributed by atoms with Crippen molar-refractivity contribution in [1.29, 1.82) is 0 Å². The van der Waals surface area contributed by atoms with Crippen molar-refractivity contribution in [2.24, 2.45) is 14.1 Å². The zero-order valence-electron chi connectivity index (χ0n) is 34.4. The number of benzene rings is 1. The summed E-state index contributed by atoms with van der Waals surface area (Å²) in [6.45, 7) is 8.14. The highest BCUT2D eigenvalue weighted by Crippen LogP contribution is 2.27. The first-order valence-electron chi connectivity index (χ1n) is 20.2. The predicted octanol–water partition coefficient (Wildman–Crippen LogP) is 2.94. The van der Waals surface area contributed by atoms with Gasteiger partial charge >= 0.3 is 11.7 Å². The van der Waals surface area contributed by atoms with Crippen molar-refractivity contribution in [1.82, 2.24) is 18.7 Å². The molecule has 1 aliphatic rings. The van der Waals surface area contributed by atoms with E-state index in [1.165, 1.54) is 15.2 Å². The molecule has 1 aromatic carbocycles. The van der Waals surface area contributed by atoms with Crippen LogP contribution in [-0.2, 0) is 66.3 Å². The predicted molar refractivity (Wildman–Crippen MR) is 216 cm³/mol. The maximum absolute atomic E-state index is 13.5. The molecule has 0 unspecified atom stereocenters. The summed E-state index contributed by atoms with van der Waals surface area (Å²) in [4.78, 5) is 43.6. The van der Waals surface area contributed by atoms with Crippen LogP contribution >= 0.6 is 0 Å². The van der Waals surface area contributed by atoms with Crippen molar-refractivity contribution < 1.29 is 52.2 Å². The smallest absolute Gasteiger partial charge is 0.332 e. The fourth-order valence-electron chi connectivity index (χ4n) is 6.33. The summed E-state index contributed by atoms with van der Waals surface area (Å²) in [6, 6.07) is 7.33. The van der Waals surface area contributed by atoms with Crippen molar-refractivity contribution >= 4 is 23.2 Å². The van der Waals surface area contributed by atoms with Gasteiger partial charge in [-0.2, -0.15) is 0 Å². The van der Waals surface area contributed by atoms with E-state index in [2.05, 4.69) is 4.98 Å². The molecule has 17 heteroatoms. The average Bonchev–Trinajstić information content (AvgIpc) is 3.59. The molecule has 0 amide bonds. The zero-order valence-corrected chi connectivity index (χ0v) is 34.4. The molecule has 2 aromatic heterocycles. The summed E-state index contributed by atoms with van der Waals surface area (Å²) < 4.78 is 58.4. The van der Waals surface area contributed by atoms with Gasteiger partial charge in [0.15, 0.2) is 5.52 Å². The zero-order chi connectivity index (χ0) is 41.2. The van der Waals surface area contributed by atoms with Crippen LogP contribution in [0.3, 0.4) is 0 Å². The van der Waals surface area contributed by atoms with Gasteiger partial charge in [0.05, 0.1) is 112 Å². The van der Waals surface area contributed by atoms with E-state index in [4.69, 9.17) is 47.4 Å². The van der Waals surface area contributed by atoms with Crippen LogP contribution in [0.5, 0.6) is 0 Å². The number of carbonyl (C=O) groups excluding carboxylic acids is 1.